The molecule has 2 rings (SSSR count). The van der Waals surface area contributed by atoms with Gasteiger partial charge in [-0.25, -0.2) is 8.42 Å². The van der Waals surface area contributed by atoms with E-state index < -0.39 is 28.5 Å². The van der Waals surface area contributed by atoms with Crippen molar-refractivity contribution in [2.24, 2.45) is 0 Å². The van der Waals surface area contributed by atoms with Crippen LogP contribution in [0.2, 0.25) is 10.0 Å². The Labute approximate surface area is 218 Å². The number of aryl methyl sites for hydroxylation is 1. The van der Waals surface area contributed by atoms with Gasteiger partial charge in [0.2, 0.25) is 21.8 Å². The molecule has 0 fully saturated rings. The second-order valence-electron chi connectivity index (χ2n) is 8.46. The molecule has 0 aliphatic rings. The van der Waals surface area contributed by atoms with E-state index in [-0.39, 0.29) is 12.5 Å². The molecular formula is C25H33Cl2N3O4S. The van der Waals surface area contributed by atoms with Crippen LogP contribution in [-0.4, -0.2) is 50.5 Å². The van der Waals surface area contributed by atoms with Gasteiger partial charge in [0, 0.05) is 23.1 Å². The highest BCUT2D eigenvalue weighted by Gasteiger charge is 2.32. The molecule has 7 nitrogen and oxygen atoms in total. The Balaban J connectivity index is 2.50. The number of anilines is 1. The van der Waals surface area contributed by atoms with Gasteiger partial charge in [-0.3, -0.25) is 13.9 Å². The van der Waals surface area contributed by atoms with Gasteiger partial charge >= 0.3 is 0 Å². The molecular weight excluding hydrogens is 509 g/mol. The molecule has 0 heterocycles. The zero-order chi connectivity index (χ0) is 26.3. The third-order valence-corrected chi connectivity index (χ3v) is 7.53. The van der Waals surface area contributed by atoms with Gasteiger partial charge in [-0.1, -0.05) is 55.2 Å². The Bertz CT molecular complexity index is 1170. The molecule has 2 amide bonds. The Morgan fingerprint density at radius 2 is 1.77 bits per heavy atom. The van der Waals surface area contributed by atoms with Crippen LogP contribution in [0.4, 0.5) is 5.69 Å². The van der Waals surface area contributed by atoms with E-state index >= 15 is 0 Å². The number of carbonyl (C=O) groups excluding carboxylic acids is 2. The van der Waals surface area contributed by atoms with Crippen LogP contribution in [0.15, 0.2) is 36.4 Å². The molecule has 0 bridgehead atoms. The van der Waals surface area contributed by atoms with E-state index in [2.05, 4.69) is 5.32 Å². The lowest BCUT2D eigenvalue weighted by molar-refractivity contribution is -0.140. The number of hydrogen-bond acceptors (Lipinski definition) is 4. The zero-order valence-corrected chi connectivity index (χ0v) is 23.1. The molecule has 0 aliphatic carbocycles. The average Bonchev–Trinajstić information content (AvgIpc) is 2.78. The lowest BCUT2D eigenvalue weighted by Gasteiger charge is -2.33. The fraction of sp³-hybridized carbons (Fsp3) is 0.440. The first-order valence-corrected chi connectivity index (χ1v) is 14.1. The molecule has 0 saturated carbocycles. The number of carbonyl (C=O) groups is 2. The van der Waals surface area contributed by atoms with Crippen molar-refractivity contribution in [1.29, 1.82) is 0 Å². The smallest absolute Gasteiger partial charge is 0.244 e. The number of nitrogens with one attached hydrogen (secondary N) is 1. The molecule has 0 unspecified atom stereocenters. The minimum Gasteiger partial charge on any atom is -0.354 e. The van der Waals surface area contributed by atoms with E-state index in [1.807, 2.05) is 26.8 Å². The Kier molecular flexibility index (Phi) is 10.4. The summed E-state index contributed by atoms with van der Waals surface area (Å²) >= 11 is 12.4. The predicted molar refractivity (Wildman–Crippen MR) is 142 cm³/mol. The molecule has 35 heavy (non-hydrogen) atoms. The fourth-order valence-corrected chi connectivity index (χ4v) is 5.09. The Morgan fingerprint density at radius 3 is 2.34 bits per heavy atom. The maximum atomic E-state index is 13.7. The summed E-state index contributed by atoms with van der Waals surface area (Å²) in [5.74, 6) is -0.814. The lowest BCUT2D eigenvalue weighted by Crippen LogP contribution is -2.52. The number of rotatable bonds is 11. The van der Waals surface area contributed by atoms with Crippen LogP contribution >= 0.6 is 23.2 Å². The van der Waals surface area contributed by atoms with E-state index in [0.717, 1.165) is 28.1 Å². The largest absolute Gasteiger partial charge is 0.354 e. The summed E-state index contributed by atoms with van der Waals surface area (Å²) in [6.07, 6.45) is 2.15. The molecule has 2 aromatic carbocycles. The summed E-state index contributed by atoms with van der Waals surface area (Å²) in [5.41, 5.74) is 2.68. The van der Waals surface area contributed by atoms with Gasteiger partial charge in [0.1, 0.15) is 12.6 Å². The molecule has 0 radical (unpaired) electrons. The van der Waals surface area contributed by atoms with Crippen molar-refractivity contribution in [3.63, 3.8) is 0 Å². The maximum absolute atomic E-state index is 13.7. The molecule has 0 aromatic heterocycles. The molecule has 0 spiro atoms. The van der Waals surface area contributed by atoms with Gasteiger partial charge in [0.05, 0.1) is 11.9 Å². The SMILES string of the molecule is CCCNC(=O)[C@@H](CC)N(Cc1ccc(Cl)cc1Cl)C(=O)CN(c1cccc(C)c1C)S(C)(=O)=O. The molecule has 0 aliphatic heterocycles. The van der Waals surface area contributed by atoms with Gasteiger partial charge < -0.3 is 10.2 Å². The first kappa shape index (κ1) is 28.9. The first-order chi connectivity index (χ1) is 16.4. The summed E-state index contributed by atoms with van der Waals surface area (Å²) in [6, 6.07) is 9.41. The second-order valence-corrected chi connectivity index (χ2v) is 11.2. The van der Waals surface area contributed by atoms with Crippen LogP contribution in [-0.2, 0) is 26.2 Å². The Hall–Kier alpha value is -2.29. The molecule has 10 heteroatoms. The number of benzene rings is 2. The van der Waals surface area contributed by atoms with E-state index in [9.17, 15) is 18.0 Å². The van der Waals surface area contributed by atoms with Gasteiger partial charge in [0.15, 0.2) is 0 Å². The zero-order valence-electron chi connectivity index (χ0n) is 20.8. The van der Waals surface area contributed by atoms with Gasteiger partial charge in [-0.05, 0) is 61.6 Å². The summed E-state index contributed by atoms with van der Waals surface area (Å²) < 4.78 is 26.6. The van der Waals surface area contributed by atoms with Gasteiger partial charge in [-0.15, -0.1) is 0 Å². The fourth-order valence-electron chi connectivity index (χ4n) is 3.72. The maximum Gasteiger partial charge on any atom is 0.244 e. The number of amides is 2. The highest BCUT2D eigenvalue weighted by molar-refractivity contribution is 7.92. The van der Waals surface area contributed by atoms with E-state index in [1.165, 1.54) is 4.90 Å². The quantitative estimate of drug-likeness (QED) is 0.446. The minimum absolute atomic E-state index is 0.0251. The number of nitrogens with zero attached hydrogens (tertiary/aromatic N) is 2. The standard InChI is InChI=1S/C25H33Cl2N3O4S/c1-6-13-28-25(32)22(7-2)29(15-19-11-12-20(26)14-21(19)27)24(31)16-30(35(5,33)34)23-10-8-9-17(3)18(23)4/h8-12,14,22H,6-7,13,15-16H2,1-5H3,(H,28,32)/t22-/m1/s1. The summed E-state index contributed by atoms with van der Waals surface area (Å²) in [6.45, 7) is 7.47. The predicted octanol–water partition coefficient (Wildman–Crippen LogP) is 4.71. The summed E-state index contributed by atoms with van der Waals surface area (Å²) in [5, 5.41) is 3.64. The van der Waals surface area contributed by atoms with Crippen molar-refractivity contribution < 1.29 is 18.0 Å². The first-order valence-electron chi connectivity index (χ1n) is 11.5. The van der Waals surface area contributed by atoms with E-state index in [0.29, 0.717) is 34.3 Å². The van der Waals surface area contributed by atoms with Crippen molar-refractivity contribution in [1.82, 2.24) is 10.2 Å². The van der Waals surface area contributed by atoms with Crippen LogP contribution < -0.4 is 9.62 Å². The van der Waals surface area contributed by atoms with Crippen molar-refractivity contribution >= 4 is 50.7 Å². The number of sulfonamides is 1. The topological polar surface area (TPSA) is 86.8 Å². The third-order valence-electron chi connectivity index (χ3n) is 5.81. The van der Waals surface area contributed by atoms with Crippen LogP contribution in [0.3, 0.4) is 0 Å². The van der Waals surface area contributed by atoms with Crippen LogP contribution in [0, 0.1) is 13.8 Å². The van der Waals surface area contributed by atoms with Gasteiger partial charge in [0.25, 0.3) is 0 Å². The van der Waals surface area contributed by atoms with E-state index in [1.54, 1.807) is 37.3 Å². The van der Waals surface area contributed by atoms with Crippen molar-refractivity contribution in [2.45, 2.75) is 53.1 Å². The minimum atomic E-state index is -3.80. The molecule has 2 aromatic rings. The highest BCUT2D eigenvalue weighted by atomic mass is 35.5. The van der Waals surface area contributed by atoms with Crippen LogP contribution in [0.1, 0.15) is 43.4 Å². The van der Waals surface area contributed by atoms with Crippen LogP contribution in [0.5, 0.6) is 0 Å². The summed E-state index contributed by atoms with van der Waals surface area (Å²) in [4.78, 5) is 28.1. The molecule has 192 valence electrons. The Morgan fingerprint density at radius 1 is 1.09 bits per heavy atom. The normalized spacial score (nSPS) is 12.2. The highest BCUT2D eigenvalue weighted by Crippen LogP contribution is 2.27. The third kappa shape index (κ3) is 7.59. The molecule has 0 saturated heterocycles. The molecule has 1 N–H and O–H groups in total. The van der Waals surface area contributed by atoms with Crippen molar-refractivity contribution in [3.8, 4) is 0 Å². The van der Waals surface area contributed by atoms with Crippen molar-refractivity contribution in [3.05, 3.63) is 63.1 Å². The van der Waals surface area contributed by atoms with E-state index in [4.69, 9.17) is 23.2 Å². The number of hydrogen-bond donors (Lipinski definition) is 1. The monoisotopic (exact) mass is 541 g/mol. The van der Waals surface area contributed by atoms with Crippen LogP contribution in [0.25, 0.3) is 0 Å². The number of halogens is 2. The second kappa shape index (κ2) is 12.6. The molecule has 1 atom stereocenters. The van der Waals surface area contributed by atoms with Crippen molar-refractivity contribution in [2.75, 3.05) is 23.7 Å². The lowest BCUT2D eigenvalue weighted by atomic mass is 10.1. The average molecular weight is 543 g/mol. The van der Waals surface area contributed by atoms with Gasteiger partial charge in [-0.2, -0.15) is 0 Å². The summed E-state index contributed by atoms with van der Waals surface area (Å²) in [7, 11) is -3.80.